The van der Waals surface area contributed by atoms with Gasteiger partial charge < -0.3 is 10.8 Å². The van der Waals surface area contributed by atoms with E-state index < -0.39 is 0 Å². The summed E-state index contributed by atoms with van der Waals surface area (Å²) in [7, 11) is 0. The van der Waals surface area contributed by atoms with Crippen molar-refractivity contribution in [2.75, 3.05) is 19.7 Å². The van der Waals surface area contributed by atoms with Gasteiger partial charge in [-0.1, -0.05) is 0 Å². The number of carbonyl (C=O) groups is 1. The Kier molecular flexibility index (Phi) is 5.20. The molecule has 5 heteroatoms. The molecule has 1 aliphatic rings. The predicted molar refractivity (Wildman–Crippen MR) is 48.1 cm³/mol. The van der Waals surface area contributed by atoms with Crippen molar-refractivity contribution in [3.8, 4) is 0 Å². The average molecular weight is 195 g/mol. The lowest BCUT2D eigenvalue weighted by Crippen LogP contribution is -2.38. The zero-order valence-corrected chi connectivity index (χ0v) is 7.72. The monoisotopic (exact) mass is 194 g/mol. The maximum Gasteiger partial charge on any atom is 0.231 e. The Morgan fingerprint density at radius 3 is 2.83 bits per heavy atom. The molecule has 0 aliphatic carbocycles. The van der Waals surface area contributed by atoms with Gasteiger partial charge in [-0.25, -0.2) is 0 Å². The number of rotatable bonds is 3. The normalized spacial score (nSPS) is 23.6. The van der Waals surface area contributed by atoms with Crippen molar-refractivity contribution in [1.82, 2.24) is 4.90 Å². The Hall–Kier alpha value is -0.320. The minimum Gasteiger partial charge on any atom is -0.395 e. The summed E-state index contributed by atoms with van der Waals surface area (Å²) < 4.78 is 0. The summed E-state index contributed by atoms with van der Waals surface area (Å²) in [4.78, 5) is 12.4. The Labute approximate surface area is 78.1 Å². The van der Waals surface area contributed by atoms with Gasteiger partial charge in [0, 0.05) is 6.04 Å². The zero-order valence-electron chi connectivity index (χ0n) is 6.90. The average Bonchev–Trinajstić information content (AvgIpc) is 2.34. The number of nitrogens with two attached hydrogens (primary N) is 1. The summed E-state index contributed by atoms with van der Waals surface area (Å²) in [5.41, 5.74) is 5.03. The van der Waals surface area contributed by atoms with E-state index in [0.29, 0.717) is 0 Å². The number of aliphatic hydroxyl groups is 1. The molecular formula is C7H15ClN2O2. The molecule has 0 radical (unpaired) electrons. The number of carbonyl (C=O) groups excluding carboxylic acids is 1. The van der Waals surface area contributed by atoms with Crippen molar-refractivity contribution >= 4 is 18.3 Å². The van der Waals surface area contributed by atoms with Gasteiger partial charge in [-0.15, -0.1) is 12.4 Å². The molecule has 0 aromatic carbocycles. The topological polar surface area (TPSA) is 66.6 Å². The molecule has 1 saturated heterocycles. The fourth-order valence-electron chi connectivity index (χ4n) is 1.51. The van der Waals surface area contributed by atoms with E-state index in [-0.39, 0.29) is 37.5 Å². The molecule has 0 spiro atoms. The number of hydrogen-bond donors (Lipinski definition) is 2. The molecule has 1 fully saturated rings. The lowest BCUT2D eigenvalue weighted by atomic mass is 10.2. The second-order valence-electron chi connectivity index (χ2n) is 2.92. The number of aliphatic hydroxyl groups excluding tert-OH is 1. The Balaban J connectivity index is 0.00000121. The number of hydrogen-bond acceptors (Lipinski definition) is 3. The molecule has 12 heavy (non-hydrogen) atoms. The van der Waals surface area contributed by atoms with Crippen LogP contribution in [0.2, 0.25) is 0 Å². The fraction of sp³-hybridized carbons (Fsp3) is 0.857. The third kappa shape index (κ3) is 2.97. The van der Waals surface area contributed by atoms with Crippen molar-refractivity contribution < 1.29 is 9.90 Å². The smallest absolute Gasteiger partial charge is 0.231 e. The first-order chi connectivity index (χ1) is 5.24. The molecule has 72 valence electrons. The fourth-order valence-corrected chi connectivity index (χ4v) is 1.51. The molecule has 0 unspecified atom stereocenters. The minimum atomic E-state index is -0.314. The third-order valence-corrected chi connectivity index (χ3v) is 2.07. The molecular weight excluding hydrogens is 180 g/mol. The van der Waals surface area contributed by atoms with Gasteiger partial charge in [0.15, 0.2) is 0 Å². The van der Waals surface area contributed by atoms with Crippen LogP contribution >= 0.6 is 12.4 Å². The van der Waals surface area contributed by atoms with Gasteiger partial charge in [-0.05, 0) is 19.4 Å². The first-order valence-electron chi connectivity index (χ1n) is 3.87. The molecule has 1 amide bonds. The van der Waals surface area contributed by atoms with Crippen LogP contribution in [0.25, 0.3) is 0 Å². The van der Waals surface area contributed by atoms with Crippen molar-refractivity contribution in [3.63, 3.8) is 0 Å². The van der Waals surface area contributed by atoms with Gasteiger partial charge >= 0.3 is 0 Å². The second kappa shape index (κ2) is 5.35. The van der Waals surface area contributed by atoms with Crippen molar-refractivity contribution in [1.29, 1.82) is 0 Å². The highest BCUT2D eigenvalue weighted by molar-refractivity contribution is 5.85. The molecule has 1 heterocycles. The molecule has 3 N–H and O–H groups in total. The highest BCUT2D eigenvalue weighted by Gasteiger charge is 2.24. The van der Waals surface area contributed by atoms with Gasteiger partial charge in [0.2, 0.25) is 5.91 Å². The highest BCUT2D eigenvalue weighted by Crippen LogP contribution is 2.15. The number of primary amides is 1. The lowest BCUT2D eigenvalue weighted by molar-refractivity contribution is -0.119. The van der Waals surface area contributed by atoms with Gasteiger partial charge in [0.1, 0.15) is 0 Å². The molecule has 4 nitrogen and oxygen atoms in total. The van der Waals surface area contributed by atoms with Crippen LogP contribution < -0.4 is 5.73 Å². The number of halogens is 1. The highest BCUT2D eigenvalue weighted by atomic mass is 35.5. The van der Waals surface area contributed by atoms with E-state index in [2.05, 4.69) is 0 Å². The van der Waals surface area contributed by atoms with E-state index in [9.17, 15) is 4.79 Å². The van der Waals surface area contributed by atoms with Crippen molar-refractivity contribution in [3.05, 3.63) is 0 Å². The van der Waals surface area contributed by atoms with Crippen LogP contribution in [-0.2, 0) is 4.79 Å². The Bertz CT molecular complexity index is 154. The molecule has 0 aromatic heterocycles. The maximum atomic E-state index is 10.5. The van der Waals surface area contributed by atoms with Crippen molar-refractivity contribution in [2.24, 2.45) is 5.73 Å². The van der Waals surface area contributed by atoms with Gasteiger partial charge in [0.05, 0.1) is 13.2 Å². The molecule has 0 aromatic rings. The van der Waals surface area contributed by atoms with E-state index in [1.54, 1.807) is 0 Å². The van der Waals surface area contributed by atoms with E-state index in [1.807, 2.05) is 4.90 Å². The van der Waals surface area contributed by atoms with Crippen molar-refractivity contribution in [2.45, 2.75) is 18.9 Å². The predicted octanol–water partition coefficient (Wildman–Crippen LogP) is -0.650. The summed E-state index contributed by atoms with van der Waals surface area (Å²) in [5.74, 6) is -0.314. The van der Waals surface area contributed by atoms with Crippen LogP contribution in [0.4, 0.5) is 0 Å². The second-order valence-corrected chi connectivity index (χ2v) is 2.92. The van der Waals surface area contributed by atoms with Crippen LogP contribution in [0, 0.1) is 0 Å². The summed E-state index contributed by atoms with van der Waals surface area (Å²) in [6.45, 7) is 1.30. The standard InChI is InChI=1S/C7H14N2O2.ClH/c8-7(11)4-9-3-1-2-6(9)5-10;/h6,10H,1-5H2,(H2,8,11);1H/t6-;/m1./s1. The van der Waals surface area contributed by atoms with Gasteiger partial charge in [-0.3, -0.25) is 9.69 Å². The first-order valence-corrected chi connectivity index (χ1v) is 3.87. The van der Waals surface area contributed by atoms with E-state index in [1.165, 1.54) is 0 Å². The third-order valence-electron chi connectivity index (χ3n) is 2.07. The SMILES string of the molecule is Cl.NC(=O)CN1CCC[C@@H]1CO. The zero-order chi connectivity index (χ0) is 8.27. The largest absolute Gasteiger partial charge is 0.395 e. The van der Waals surface area contributed by atoms with Gasteiger partial charge in [0.25, 0.3) is 0 Å². The van der Waals surface area contributed by atoms with Crippen LogP contribution in [0.5, 0.6) is 0 Å². The quantitative estimate of drug-likeness (QED) is 0.628. The molecule has 0 saturated carbocycles. The Morgan fingerprint density at radius 1 is 1.67 bits per heavy atom. The van der Waals surface area contributed by atoms with Crippen LogP contribution in [0.15, 0.2) is 0 Å². The van der Waals surface area contributed by atoms with Crippen LogP contribution in [0.1, 0.15) is 12.8 Å². The molecule has 0 bridgehead atoms. The van der Waals surface area contributed by atoms with E-state index >= 15 is 0 Å². The number of amides is 1. The molecule has 1 rings (SSSR count). The number of nitrogens with zero attached hydrogens (tertiary/aromatic N) is 1. The van der Waals surface area contributed by atoms with Gasteiger partial charge in [-0.2, -0.15) is 0 Å². The van der Waals surface area contributed by atoms with Crippen LogP contribution in [-0.4, -0.2) is 41.7 Å². The summed E-state index contributed by atoms with van der Waals surface area (Å²) in [6.07, 6.45) is 2.03. The summed E-state index contributed by atoms with van der Waals surface area (Å²) >= 11 is 0. The summed E-state index contributed by atoms with van der Waals surface area (Å²) in [6, 6.07) is 0.155. The molecule has 1 atom stereocenters. The Morgan fingerprint density at radius 2 is 2.33 bits per heavy atom. The summed E-state index contributed by atoms with van der Waals surface area (Å²) in [5, 5.41) is 8.86. The lowest BCUT2D eigenvalue weighted by Gasteiger charge is -2.20. The van der Waals surface area contributed by atoms with E-state index in [4.69, 9.17) is 10.8 Å². The maximum absolute atomic E-state index is 10.5. The molecule has 1 aliphatic heterocycles. The first kappa shape index (κ1) is 11.7. The number of likely N-dealkylation sites (tertiary alicyclic amines) is 1. The van der Waals surface area contributed by atoms with E-state index in [0.717, 1.165) is 19.4 Å². The van der Waals surface area contributed by atoms with Crippen LogP contribution in [0.3, 0.4) is 0 Å². The minimum absolute atomic E-state index is 0.